The number of carbonyl (C=O) groups excluding carboxylic acids is 2. The molecule has 3 nitrogen and oxygen atoms in total. The molecule has 112 valence electrons. The van der Waals surface area contributed by atoms with Crippen molar-refractivity contribution in [2.45, 2.75) is 25.2 Å². The molecule has 1 N–H and O–H groups in total. The van der Waals surface area contributed by atoms with Crippen LogP contribution in [0.4, 0.5) is 5.69 Å². The normalized spacial score (nSPS) is 13.6. The Morgan fingerprint density at radius 2 is 1.86 bits per heavy atom. The fourth-order valence-electron chi connectivity index (χ4n) is 2.72. The fourth-order valence-corrected chi connectivity index (χ4v) is 3.86. The van der Waals surface area contributed by atoms with Gasteiger partial charge in [-0.2, -0.15) is 0 Å². The summed E-state index contributed by atoms with van der Waals surface area (Å²) in [4.78, 5) is 25.3. The molecule has 0 fully saturated rings. The number of Topliss-reactive ketones (excluding diaryl/α,β-unsaturated/α-hetero) is 1. The van der Waals surface area contributed by atoms with E-state index in [-0.39, 0.29) is 11.7 Å². The highest BCUT2D eigenvalue weighted by atomic mass is 32.2. The zero-order chi connectivity index (χ0) is 15.7. The van der Waals surface area contributed by atoms with E-state index in [4.69, 9.17) is 0 Å². The summed E-state index contributed by atoms with van der Waals surface area (Å²) in [7, 11) is 0. The zero-order valence-electron chi connectivity index (χ0n) is 12.6. The van der Waals surface area contributed by atoms with Crippen molar-refractivity contribution in [3.8, 4) is 0 Å². The second-order valence-electron chi connectivity index (χ2n) is 5.53. The molecule has 0 atom stereocenters. The van der Waals surface area contributed by atoms with Crippen LogP contribution in [-0.2, 0) is 0 Å². The van der Waals surface area contributed by atoms with Gasteiger partial charge in [-0.25, -0.2) is 0 Å². The number of benzene rings is 2. The number of aryl methyl sites for hydroxylation is 2. The Kier molecular flexibility index (Phi) is 4.03. The van der Waals surface area contributed by atoms with Gasteiger partial charge >= 0.3 is 0 Å². The molecule has 1 aliphatic heterocycles. The molecule has 3 rings (SSSR count). The van der Waals surface area contributed by atoms with Crippen LogP contribution in [-0.4, -0.2) is 17.4 Å². The number of hydrogen-bond acceptors (Lipinski definition) is 3. The van der Waals surface area contributed by atoms with Crippen LogP contribution in [0.15, 0.2) is 41.3 Å². The molecule has 0 radical (unpaired) electrons. The number of thioether (sulfide) groups is 1. The van der Waals surface area contributed by atoms with Crippen LogP contribution in [0.3, 0.4) is 0 Å². The van der Waals surface area contributed by atoms with Crippen molar-refractivity contribution in [3.05, 3.63) is 58.7 Å². The lowest BCUT2D eigenvalue weighted by atomic mass is 10.0. The van der Waals surface area contributed by atoms with E-state index in [0.29, 0.717) is 17.5 Å². The van der Waals surface area contributed by atoms with Gasteiger partial charge in [0.05, 0.1) is 5.56 Å². The largest absolute Gasteiger partial charge is 0.322 e. The van der Waals surface area contributed by atoms with E-state index in [0.717, 1.165) is 27.5 Å². The Morgan fingerprint density at radius 1 is 1.14 bits per heavy atom. The average molecular weight is 311 g/mol. The summed E-state index contributed by atoms with van der Waals surface area (Å²) in [6.07, 6.45) is 0.541. The number of nitrogens with one attached hydrogen (secondary N) is 1. The van der Waals surface area contributed by atoms with Gasteiger partial charge in [0.25, 0.3) is 5.91 Å². The summed E-state index contributed by atoms with van der Waals surface area (Å²) in [5.41, 5.74) is 4.25. The van der Waals surface area contributed by atoms with Crippen LogP contribution in [0.2, 0.25) is 0 Å². The van der Waals surface area contributed by atoms with Crippen LogP contribution < -0.4 is 5.32 Å². The molecule has 0 aliphatic carbocycles. The number of carbonyl (C=O) groups is 2. The van der Waals surface area contributed by atoms with Crippen LogP contribution in [0.1, 0.15) is 38.3 Å². The fraction of sp³-hybridized carbons (Fsp3) is 0.222. The Hall–Kier alpha value is -2.07. The van der Waals surface area contributed by atoms with Crippen LogP contribution in [0, 0.1) is 13.8 Å². The van der Waals surface area contributed by atoms with Crippen LogP contribution in [0.5, 0.6) is 0 Å². The third kappa shape index (κ3) is 2.92. The molecule has 0 saturated carbocycles. The average Bonchev–Trinajstić information content (AvgIpc) is 2.46. The van der Waals surface area contributed by atoms with E-state index in [1.54, 1.807) is 30.0 Å². The molecule has 1 heterocycles. The van der Waals surface area contributed by atoms with E-state index in [2.05, 4.69) is 11.4 Å². The highest BCUT2D eigenvalue weighted by Gasteiger charge is 2.23. The predicted molar refractivity (Wildman–Crippen MR) is 90.0 cm³/mol. The maximum atomic E-state index is 12.6. The van der Waals surface area contributed by atoms with Crippen molar-refractivity contribution in [1.82, 2.24) is 0 Å². The first-order valence-corrected chi connectivity index (χ1v) is 8.22. The van der Waals surface area contributed by atoms with E-state index >= 15 is 0 Å². The van der Waals surface area contributed by atoms with Crippen molar-refractivity contribution < 1.29 is 9.59 Å². The summed E-state index contributed by atoms with van der Waals surface area (Å²) in [5.74, 6) is 0.693. The lowest BCUT2D eigenvalue weighted by Crippen LogP contribution is -2.17. The molecule has 0 spiro atoms. The Bertz CT molecular complexity index is 747. The van der Waals surface area contributed by atoms with E-state index < -0.39 is 0 Å². The zero-order valence-corrected chi connectivity index (χ0v) is 13.4. The number of rotatable bonds is 2. The summed E-state index contributed by atoms with van der Waals surface area (Å²) in [5, 5.41) is 2.94. The van der Waals surface area contributed by atoms with Gasteiger partial charge in [0, 0.05) is 28.3 Å². The molecule has 0 unspecified atom stereocenters. The molecule has 0 saturated heterocycles. The number of anilines is 1. The molecular weight excluding hydrogens is 294 g/mol. The molecule has 0 aromatic heterocycles. The third-order valence-corrected chi connectivity index (χ3v) is 4.75. The molecule has 22 heavy (non-hydrogen) atoms. The number of amides is 1. The van der Waals surface area contributed by atoms with Crippen molar-refractivity contribution in [3.63, 3.8) is 0 Å². The monoisotopic (exact) mass is 311 g/mol. The molecule has 4 heteroatoms. The third-order valence-electron chi connectivity index (χ3n) is 3.62. The molecule has 1 aliphatic rings. The molecule has 1 amide bonds. The SMILES string of the molecule is Cc1cc(C)cc(NC(=O)c2cccc3c2SCCC3=O)c1. The summed E-state index contributed by atoms with van der Waals surface area (Å²) < 4.78 is 0. The van der Waals surface area contributed by atoms with Crippen molar-refractivity contribution >= 4 is 29.1 Å². The Labute approximate surface area is 134 Å². The number of fused-ring (bicyclic) bond motifs is 1. The van der Waals surface area contributed by atoms with E-state index in [1.165, 1.54) is 0 Å². The minimum Gasteiger partial charge on any atom is -0.322 e. The highest BCUT2D eigenvalue weighted by Crippen LogP contribution is 2.33. The first-order valence-electron chi connectivity index (χ1n) is 7.23. The van der Waals surface area contributed by atoms with Gasteiger partial charge in [-0.3, -0.25) is 9.59 Å². The maximum Gasteiger partial charge on any atom is 0.256 e. The standard InChI is InChI=1S/C18H17NO2S/c1-11-8-12(2)10-13(9-11)19-18(21)15-5-3-4-14-16(20)6-7-22-17(14)15/h3-5,8-10H,6-7H2,1-2H3,(H,19,21). The number of ketones is 1. The van der Waals surface area contributed by atoms with E-state index in [1.807, 2.05) is 26.0 Å². The van der Waals surface area contributed by atoms with Gasteiger partial charge in [0.15, 0.2) is 5.78 Å². The summed E-state index contributed by atoms with van der Waals surface area (Å²) in [6, 6.07) is 11.3. The van der Waals surface area contributed by atoms with Gasteiger partial charge in [-0.1, -0.05) is 18.2 Å². The van der Waals surface area contributed by atoms with Crippen LogP contribution >= 0.6 is 11.8 Å². The van der Waals surface area contributed by atoms with Gasteiger partial charge in [-0.15, -0.1) is 11.8 Å². The number of hydrogen-bond donors (Lipinski definition) is 1. The molecule has 2 aromatic carbocycles. The molecular formula is C18H17NO2S. The quantitative estimate of drug-likeness (QED) is 0.902. The second-order valence-corrected chi connectivity index (χ2v) is 6.64. The lowest BCUT2D eigenvalue weighted by molar-refractivity contribution is 0.0984. The first kappa shape index (κ1) is 14.9. The first-order chi connectivity index (χ1) is 10.5. The van der Waals surface area contributed by atoms with Gasteiger partial charge < -0.3 is 5.32 Å². The van der Waals surface area contributed by atoms with Crippen molar-refractivity contribution in [2.24, 2.45) is 0 Å². The molecule has 2 aromatic rings. The summed E-state index contributed by atoms with van der Waals surface area (Å²) >= 11 is 1.58. The minimum atomic E-state index is -0.163. The molecule has 0 bridgehead atoms. The lowest BCUT2D eigenvalue weighted by Gasteiger charge is -2.17. The predicted octanol–water partition coefficient (Wildman–Crippen LogP) is 4.23. The van der Waals surface area contributed by atoms with Crippen LogP contribution in [0.25, 0.3) is 0 Å². The maximum absolute atomic E-state index is 12.6. The van der Waals surface area contributed by atoms with Crippen molar-refractivity contribution in [2.75, 3.05) is 11.1 Å². The smallest absolute Gasteiger partial charge is 0.256 e. The Morgan fingerprint density at radius 3 is 2.59 bits per heavy atom. The minimum absolute atomic E-state index is 0.120. The second kappa shape index (κ2) is 5.97. The van der Waals surface area contributed by atoms with Gasteiger partial charge in [0.1, 0.15) is 0 Å². The van der Waals surface area contributed by atoms with E-state index in [9.17, 15) is 9.59 Å². The Balaban J connectivity index is 1.93. The van der Waals surface area contributed by atoms with Gasteiger partial charge in [0.2, 0.25) is 0 Å². The highest BCUT2D eigenvalue weighted by molar-refractivity contribution is 7.99. The van der Waals surface area contributed by atoms with Crippen molar-refractivity contribution in [1.29, 1.82) is 0 Å². The van der Waals surface area contributed by atoms with Gasteiger partial charge in [-0.05, 0) is 43.2 Å². The topological polar surface area (TPSA) is 46.2 Å². The summed E-state index contributed by atoms with van der Waals surface area (Å²) in [6.45, 7) is 4.00.